The van der Waals surface area contributed by atoms with Crippen molar-refractivity contribution >= 4 is 23.5 Å². The zero-order valence-corrected chi connectivity index (χ0v) is 14.2. The lowest BCUT2D eigenvalue weighted by Gasteiger charge is -2.47. The second-order valence-electron chi connectivity index (χ2n) is 6.88. The molecular weight excluding hydrogens is 304 g/mol. The Balaban J connectivity index is 2.28. The van der Waals surface area contributed by atoms with Crippen LogP contribution in [0.2, 0.25) is 5.15 Å². The maximum absolute atomic E-state index is 11.6. The Hall–Kier alpha value is -1.56. The molecule has 1 unspecified atom stereocenters. The molecule has 2 heterocycles. The Morgan fingerprint density at radius 1 is 1.45 bits per heavy atom. The van der Waals surface area contributed by atoms with Gasteiger partial charge in [-0.15, -0.1) is 10.2 Å². The molecule has 1 aromatic heterocycles. The van der Waals surface area contributed by atoms with Crippen molar-refractivity contribution in [3.8, 4) is 0 Å². The van der Waals surface area contributed by atoms with Gasteiger partial charge in [-0.3, -0.25) is 0 Å². The summed E-state index contributed by atoms with van der Waals surface area (Å²) < 4.78 is 0. The number of hydrogen-bond acceptors (Lipinski definition) is 4. The molecule has 7 heteroatoms. The van der Waals surface area contributed by atoms with Crippen molar-refractivity contribution in [3.05, 3.63) is 16.8 Å². The molecule has 1 aliphatic heterocycles. The summed E-state index contributed by atoms with van der Waals surface area (Å²) in [5.41, 5.74) is 0.727. The molecule has 1 fully saturated rings. The van der Waals surface area contributed by atoms with Gasteiger partial charge in [0.05, 0.1) is 6.04 Å². The molecule has 22 heavy (non-hydrogen) atoms. The van der Waals surface area contributed by atoms with E-state index in [4.69, 9.17) is 11.6 Å². The molecule has 2 N–H and O–H groups in total. The minimum Gasteiger partial charge on any atom is -0.465 e. The molecule has 2 atom stereocenters. The molecule has 1 aromatic rings. The van der Waals surface area contributed by atoms with E-state index in [1.807, 2.05) is 6.92 Å². The van der Waals surface area contributed by atoms with Crippen molar-refractivity contribution in [1.82, 2.24) is 15.1 Å². The van der Waals surface area contributed by atoms with Gasteiger partial charge in [-0.2, -0.15) is 0 Å². The number of hydrogen-bond donors (Lipinski definition) is 2. The Morgan fingerprint density at radius 3 is 2.68 bits per heavy atom. The van der Waals surface area contributed by atoms with Crippen LogP contribution in [-0.4, -0.2) is 44.9 Å². The SMILES string of the molecule is Cc1cc(Cl)nnc1NC1CCCN(C(=O)O)[C@@H]1C(C)(C)C. The van der Waals surface area contributed by atoms with Crippen molar-refractivity contribution in [3.63, 3.8) is 0 Å². The number of aryl methyl sites for hydroxylation is 1. The van der Waals surface area contributed by atoms with Gasteiger partial charge in [0.1, 0.15) is 0 Å². The van der Waals surface area contributed by atoms with Gasteiger partial charge in [-0.05, 0) is 36.8 Å². The van der Waals surface area contributed by atoms with Crippen LogP contribution in [-0.2, 0) is 0 Å². The van der Waals surface area contributed by atoms with E-state index in [1.54, 1.807) is 11.0 Å². The first-order valence-corrected chi connectivity index (χ1v) is 7.84. The van der Waals surface area contributed by atoms with Crippen LogP contribution in [0.25, 0.3) is 0 Å². The van der Waals surface area contributed by atoms with Gasteiger partial charge < -0.3 is 15.3 Å². The standard InChI is InChI=1S/C15H23ClN4O2/c1-9-8-11(16)18-19-13(9)17-10-6-5-7-20(14(21)22)12(10)15(2,3)4/h8,10,12H,5-7H2,1-4H3,(H,17,19)(H,21,22)/t10?,12-/m0/s1. The van der Waals surface area contributed by atoms with E-state index in [1.165, 1.54) is 0 Å². The van der Waals surface area contributed by atoms with E-state index in [2.05, 4.69) is 36.3 Å². The Labute approximate surface area is 135 Å². The first-order valence-electron chi connectivity index (χ1n) is 7.46. The van der Waals surface area contributed by atoms with E-state index in [-0.39, 0.29) is 17.5 Å². The van der Waals surface area contributed by atoms with E-state index in [9.17, 15) is 9.90 Å². The number of halogens is 1. The highest BCUT2D eigenvalue weighted by Crippen LogP contribution is 2.34. The van der Waals surface area contributed by atoms with Crippen molar-refractivity contribution in [2.24, 2.45) is 5.41 Å². The summed E-state index contributed by atoms with van der Waals surface area (Å²) in [4.78, 5) is 13.1. The van der Waals surface area contributed by atoms with Crippen molar-refractivity contribution in [2.45, 2.75) is 52.6 Å². The zero-order chi connectivity index (χ0) is 16.5. The minimum atomic E-state index is -0.870. The molecule has 0 aliphatic carbocycles. The van der Waals surface area contributed by atoms with E-state index >= 15 is 0 Å². The average molecular weight is 327 g/mol. The van der Waals surface area contributed by atoms with Gasteiger partial charge in [0.2, 0.25) is 0 Å². The highest BCUT2D eigenvalue weighted by Gasteiger charge is 2.42. The predicted molar refractivity (Wildman–Crippen MR) is 86.4 cm³/mol. The van der Waals surface area contributed by atoms with Gasteiger partial charge in [0.25, 0.3) is 0 Å². The second-order valence-corrected chi connectivity index (χ2v) is 7.27. The number of likely N-dealkylation sites (tertiary alicyclic amines) is 1. The number of amides is 1. The first-order chi connectivity index (χ1) is 10.2. The van der Waals surface area contributed by atoms with Gasteiger partial charge in [-0.1, -0.05) is 32.4 Å². The summed E-state index contributed by atoms with van der Waals surface area (Å²) in [6.07, 6.45) is 0.858. The van der Waals surface area contributed by atoms with Gasteiger partial charge in [-0.25, -0.2) is 4.79 Å². The molecule has 6 nitrogen and oxygen atoms in total. The summed E-state index contributed by atoms with van der Waals surface area (Å²) in [6.45, 7) is 8.67. The number of anilines is 1. The van der Waals surface area contributed by atoms with Crippen LogP contribution < -0.4 is 5.32 Å². The van der Waals surface area contributed by atoms with Gasteiger partial charge in [0, 0.05) is 12.6 Å². The van der Waals surface area contributed by atoms with Gasteiger partial charge in [0.15, 0.2) is 11.0 Å². The second kappa shape index (κ2) is 6.28. The molecule has 1 amide bonds. The van der Waals surface area contributed by atoms with Crippen molar-refractivity contribution in [1.29, 1.82) is 0 Å². The maximum Gasteiger partial charge on any atom is 0.407 e. The normalized spacial score (nSPS) is 22.5. The Morgan fingerprint density at radius 2 is 2.14 bits per heavy atom. The lowest BCUT2D eigenvalue weighted by atomic mass is 9.77. The molecule has 122 valence electrons. The van der Waals surface area contributed by atoms with Crippen LogP contribution in [0.4, 0.5) is 10.6 Å². The smallest absolute Gasteiger partial charge is 0.407 e. The van der Waals surface area contributed by atoms with Crippen molar-refractivity contribution < 1.29 is 9.90 Å². The zero-order valence-electron chi connectivity index (χ0n) is 13.4. The lowest BCUT2D eigenvalue weighted by molar-refractivity contribution is 0.0518. The summed E-state index contributed by atoms with van der Waals surface area (Å²) in [5, 5.41) is 21.2. The fourth-order valence-corrected chi connectivity index (χ4v) is 3.40. The molecule has 1 saturated heterocycles. The third kappa shape index (κ3) is 3.61. The van der Waals surface area contributed by atoms with Crippen LogP contribution in [0.5, 0.6) is 0 Å². The number of nitrogens with zero attached hydrogens (tertiary/aromatic N) is 3. The first kappa shape index (κ1) is 16.8. The molecule has 0 bridgehead atoms. The highest BCUT2D eigenvalue weighted by molar-refractivity contribution is 6.29. The van der Waals surface area contributed by atoms with E-state index in [0.717, 1.165) is 18.4 Å². The summed E-state index contributed by atoms with van der Waals surface area (Å²) in [7, 11) is 0. The van der Waals surface area contributed by atoms with E-state index in [0.29, 0.717) is 17.5 Å². The average Bonchev–Trinajstić information content (AvgIpc) is 2.40. The molecule has 0 spiro atoms. The number of carboxylic acid groups (broad SMARTS) is 1. The number of carbonyl (C=O) groups is 1. The molecule has 0 aromatic carbocycles. The van der Waals surface area contributed by atoms with Gasteiger partial charge >= 0.3 is 6.09 Å². The third-order valence-corrected chi connectivity index (χ3v) is 4.23. The third-order valence-electron chi connectivity index (χ3n) is 4.04. The monoisotopic (exact) mass is 326 g/mol. The topological polar surface area (TPSA) is 78.4 Å². The molecule has 2 rings (SSSR count). The van der Waals surface area contributed by atoms with Crippen LogP contribution >= 0.6 is 11.6 Å². The van der Waals surface area contributed by atoms with Crippen LogP contribution in [0, 0.1) is 12.3 Å². The number of piperidine rings is 1. The lowest BCUT2D eigenvalue weighted by Crippen LogP contribution is -2.58. The molecule has 1 aliphatic rings. The fourth-order valence-electron chi connectivity index (χ4n) is 3.20. The Kier molecular flexibility index (Phi) is 4.80. The van der Waals surface area contributed by atoms with Crippen LogP contribution in [0.15, 0.2) is 6.07 Å². The molecular formula is C15H23ClN4O2. The summed E-state index contributed by atoms with van der Waals surface area (Å²) in [5.74, 6) is 0.663. The molecule has 0 radical (unpaired) electrons. The number of aromatic nitrogens is 2. The maximum atomic E-state index is 11.6. The number of rotatable bonds is 2. The Bertz CT molecular complexity index is 559. The highest BCUT2D eigenvalue weighted by atomic mass is 35.5. The molecule has 0 saturated carbocycles. The summed E-state index contributed by atoms with van der Waals surface area (Å²) >= 11 is 5.84. The predicted octanol–water partition coefficient (Wildman–Crippen LogP) is 3.41. The van der Waals surface area contributed by atoms with Crippen LogP contribution in [0.3, 0.4) is 0 Å². The fraction of sp³-hybridized carbons (Fsp3) is 0.667. The quantitative estimate of drug-likeness (QED) is 0.870. The van der Waals surface area contributed by atoms with E-state index < -0.39 is 6.09 Å². The largest absolute Gasteiger partial charge is 0.465 e. The van der Waals surface area contributed by atoms with Crippen molar-refractivity contribution in [2.75, 3.05) is 11.9 Å². The van der Waals surface area contributed by atoms with Crippen LogP contribution in [0.1, 0.15) is 39.2 Å². The summed E-state index contributed by atoms with van der Waals surface area (Å²) in [6, 6.07) is 1.62. The minimum absolute atomic E-state index is 0.000902. The number of nitrogens with one attached hydrogen (secondary N) is 1.